The smallest absolute Gasteiger partial charge is 0.0702 e. The van der Waals surface area contributed by atoms with Gasteiger partial charge in [0.05, 0.1) is 28.1 Å². The molecule has 7 aromatic carbocycles. The van der Waals surface area contributed by atoms with Crippen molar-refractivity contribution in [1.29, 1.82) is 0 Å². The van der Waals surface area contributed by atoms with E-state index >= 15 is 0 Å². The van der Waals surface area contributed by atoms with Crippen LogP contribution in [0.1, 0.15) is 17.5 Å². The fourth-order valence-corrected chi connectivity index (χ4v) is 7.34. The van der Waals surface area contributed by atoms with Crippen molar-refractivity contribution in [2.75, 3.05) is 4.90 Å². The summed E-state index contributed by atoms with van der Waals surface area (Å²) in [6.07, 6.45) is 6.74. The quantitative estimate of drug-likeness (QED) is 0.194. The van der Waals surface area contributed by atoms with Crippen molar-refractivity contribution in [3.05, 3.63) is 175 Å². The predicted molar refractivity (Wildman–Crippen MR) is 196 cm³/mol. The van der Waals surface area contributed by atoms with Crippen LogP contribution in [0.25, 0.3) is 55.5 Å². The molecule has 0 saturated heterocycles. The fraction of sp³-hybridized carbons (Fsp3) is 0.0455. The van der Waals surface area contributed by atoms with Crippen LogP contribution in [0, 0.1) is 0 Å². The second kappa shape index (κ2) is 10.9. The summed E-state index contributed by atoms with van der Waals surface area (Å²) < 4.78 is 2.42. The Balaban J connectivity index is 1.30. The van der Waals surface area contributed by atoms with Gasteiger partial charge in [-0.25, -0.2) is 0 Å². The van der Waals surface area contributed by atoms with Gasteiger partial charge in [0.2, 0.25) is 0 Å². The van der Waals surface area contributed by atoms with Crippen LogP contribution in [0.3, 0.4) is 0 Å². The summed E-state index contributed by atoms with van der Waals surface area (Å²) in [6, 6.07) is 57.5. The molecule has 2 nitrogen and oxygen atoms in total. The summed E-state index contributed by atoms with van der Waals surface area (Å²) in [5.74, 6) is 0. The summed E-state index contributed by atoms with van der Waals surface area (Å²) in [5, 5.41) is 4.99. The van der Waals surface area contributed by atoms with Gasteiger partial charge in [0.15, 0.2) is 0 Å². The SMILES string of the molecule is C1=Cc2ccc(-c3ccc(N(c4ccccc4)c4ccccc4-n4c5ccccc5c5ccccc54)c4ccccc34)cc2CC1. The molecule has 9 rings (SSSR count). The summed E-state index contributed by atoms with van der Waals surface area (Å²) in [7, 11) is 0. The normalized spacial score (nSPS) is 12.5. The van der Waals surface area contributed by atoms with Gasteiger partial charge in [0, 0.05) is 21.8 Å². The van der Waals surface area contributed by atoms with E-state index in [0.717, 1.165) is 35.6 Å². The lowest BCUT2D eigenvalue weighted by atomic mass is 9.91. The molecule has 2 heteroatoms. The first-order chi connectivity index (χ1) is 22.8. The zero-order valence-electron chi connectivity index (χ0n) is 25.5. The minimum absolute atomic E-state index is 1.09. The molecule has 218 valence electrons. The number of nitrogens with zero attached hydrogens (tertiary/aromatic N) is 2. The van der Waals surface area contributed by atoms with Crippen molar-refractivity contribution in [3.63, 3.8) is 0 Å². The zero-order valence-corrected chi connectivity index (χ0v) is 25.5. The van der Waals surface area contributed by atoms with Crippen LogP contribution in [-0.4, -0.2) is 4.57 Å². The van der Waals surface area contributed by atoms with E-state index in [-0.39, 0.29) is 0 Å². The monoisotopic (exact) mass is 588 g/mol. The van der Waals surface area contributed by atoms with Crippen molar-refractivity contribution >= 4 is 55.7 Å². The molecule has 8 aromatic rings. The highest BCUT2D eigenvalue weighted by Crippen LogP contribution is 2.45. The first kappa shape index (κ1) is 26.5. The van der Waals surface area contributed by atoms with Crippen molar-refractivity contribution in [3.8, 4) is 16.8 Å². The number of benzene rings is 7. The summed E-state index contributed by atoms with van der Waals surface area (Å²) in [4.78, 5) is 2.43. The Bertz CT molecular complexity index is 2380. The molecule has 1 aliphatic carbocycles. The maximum absolute atomic E-state index is 2.43. The lowest BCUT2D eigenvalue weighted by molar-refractivity contribution is 0.986. The lowest BCUT2D eigenvalue weighted by Crippen LogP contribution is -2.13. The number of hydrogen-bond acceptors (Lipinski definition) is 1. The molecule has 0 bridgehead atoms. The third-order valence-corrected chi connectivity index (χ3v) is 9.43. The molecular formula is C44H32N2. The van der Waals surface area contributed by atoms with Crippen LogP contribution in [-0.2, 0) is 6.42 Å². The number of hydrogen-bond donors (Lipinski definition) is 0. The van der Waals surface area contributed by atoms with Gasteiger partial charge in [-0.2, -0.15) is 0 Å². The van der Waals surface area contributed by atoms with E-state index in [1.54, 1.807) is 0 Å². The average Bonchev–Trinajstić information content (AvgIpc) is 3.46. The number of allylic oxidation sites excluding steroid dienone is 1. The van der Waals surface area contributed by atoms with E-state index in [1.165, 1.54) is 54.8 Å². The Hall–Kier alpha value is -5.86. The van der Waals surface area contributed by atoms with Crippen molar-refractivity contribution in [1.82, 2.24) is 4.57 Å². The van der Waals surface area contributed by atoms with Crippen LogP contribution < -0.4 is 4.90 Å². The highest BCUT2D eigenvalue weighted by molar-refractivity contribution is 6.11. The number of aromatic nitrogens is 1. The Kier molecular flexibility index (Phi) is 6.31. The van der Waals surface area contributed by atoms with E-state index < -0.39 is 0 Å². The molecule has 1 heterocycles. The Morgan fingerprint density at radius 1 is 0.500 bits per heavy atom. The van der Waals surface area contributed by atoms with Gasteiger partial charge in [-0.15, -0.1) is 0 Å². The fourth-order valence-electron chi connectivity index (χ4n) is 7.34. The third-order valence-electron chi connectivity index (χ3n) is 9.43. The molecule has 0 radical (unpaired) electrons. The zero-order chi connectivity index (χ0) is 30.5. The summed E-state index contributed by atoms with van der Waals surface area (Å²) >= 11 is 0. The number of rotatable bonds is 5. The molecule has 0 fully saturated rings. The maximum Gasteiger partial charge on any atom is 0.0702 e. The average molecular weight is 589 g/mol. The maximum atomic E-state index is 2.43. The van der Waals surface area contributed by atoms with Crippen molar-refractivity contribution in [2.24, 2.45) is 0 Å². The first-order valence-electron chi connectivity index (χ1n) is 16.1. The molecule has 0 saturated carbocycles. The highest BCUT2D eigenvalue weighted by Gasteiger charge is 2.22. The number of aryl methyl sites for hydroxylation is 1. The van der Waals surface area contributed by atoms with E-state index in [4.69, 9.17) is 0 Å². The van der Waals surface area contributed by atoms with E-state index in [0.29, 0.717) is 0 Å². The van der Waals surface area contributed by atoms with Gasteiger partial charge in [-0.05, 0) is 82.9 Å². The van der Waals surface area contributed by atoms with E-state index in [1.807, 2.05) is 0 Å². The Labute approximate surface area is 269 Å². The largest absolute Gasteiger partial charge is 0.308 e. The highest BCUT2D eigenvalue weighted by atomic mass is 15.2. The van der Waals surface area contributed by atoms with Crippen molar-refractivity contribution in [2.45, 2.75) is 12.8 Å². The minimum Gasteiger partial charge on any atom is -0.308 e. The van der Waals surface area contributed by atoms with Gasteiger partial charge in [-0.1, -0.05) is 127 Å². The Morgan fingerprint density at radius 2 is 1.15 bits per heavy atom. The molecule has 0 aliphatic heterocycles. The van der Waals surface area contributed by atoms with Gasteiger partial charge < -0.3 is 9.47 Å². The molecule has 1 aliphatic rings. The van der Waals surface area contributed by atoms with Gasteiger partial charge >= 0.3 is 0 Å². The van der Waals surface area contributed by atoms with Gasteiger partial charge in [0.25, 0.3) is 0 Å². The number of anilines is 3. The molecule has 0 atom stereocenters. The van der Waals surface area contributed by atoms with Gasteiger partial charge in [0.1, 0.15) is 0 Å². The summed E-state index contributed by atoms with van der Waals surface area (Å²) in [6.45, 7) is 0. The molecule has 0 amide bonds. The van der Waals surface area contributed by atoms with Crippen LogP contribution >= 0.6 is 0 Å². The van der Waals surface area contributed by atoms with E-state index in [9.17, 15) is 0 Å². The number of para-hydroxylation sites is 5. The summed E-state index contributed by atoms with van der Waals surface area (Å²) in [5.41, 5.74) is 12.2. The Morgan fingerprint density at radius 3 is 1.93 bits per heavy atom. The lowest BCUT2D eigenvalue weighted by Gasteiger charge is -2.30. The topological polar surface area (TPSA) is 8.17 Å². The molecule has 1 aromatic heterocycles. The minimum atomic E-state index is 1.09. The van der Waals surface area contributed by atoms with Crippen LogP contribution in [0.15, 0.2) is 164 Å². The second-order valence-corrected chi connectivity index (χ2v) is 12.1. The third kappa shape index (κ3) is 4.26. The molecular weight excluding hydrogens is 556 g/mol. The van der Waals surface area contributed by atoms with Crippen LogP contribution in [0.2, 0.25) is 0 Å². The van der Waals surface area contributed by atoms with Crippen LogP contribution in [0.5, 0.6) is 0 Å². The van der Waals surface area contributed by atoms with E-state index in [2.05, 4.69) is 179 Å². The molecule has 0 spiro atoms. The number of fused-ring (bicyclic) bond motifs is 5. The molecule has 0 N–H and O–H groups in total. The second-order valence-electron chi connectivity index (χ2n) is 12.1. The first-order valence-corrected chi connectivity index (χ1v) is 16.1. The molecule has 0 unspecified atom stereocenters. The van der Waals surface area contributed by atoms with Gasteiger partial charge in [-0.3, -0.25) is 0 Å². The molecule has 46 heavy (non-hydrogen) atoms. The van der Waals surface area contributed by atoms with Crippen LogP contribution in [0.4, 0.5) is 17.1 Å². The predicted octanol–water partition coefficient (Wildman–Crippen LogP) is 12.0. The standard InChI is InChI=1S/C44H32N2/c1-2-16-34(17-3-1)45(43-24-12-13-25-44(43)46-40-22-10-8-20-38(40)39-21-9-11-23-41(39)46)42-29-28-35(36-18-6-7-19-37(36)42)33-27-26-31-14-4-5-15-32(31)30-33/h1-4,6-14,16-30H,5,15H2. The van der Waals surface area contributed by atoms with Crippen molar-refractivity contribution < 1.29 is 0 Å².